The van der Waals surface area contributed by atoms with Crippen LogP contribution in [0.5, 0.6) is 0 Å². The van der Waals surface area contributed by atoms with E-state index in [-0.39, 0.29) is 22.4 Å². The summed E-state index contributed by atoms with van der Waals surface area (Å²) in [6, 6.07) is 6.51. The van der Waals surface area contributed by atoms with Crippen LogP contribution in [-0.4, -0.2) is 26.6 Å². The Labute approximate surface area is 132 Å². The average Bonchev–Trinajstić information content (AvgIpc) is 3.09. The van der Waals surface area contributed by atoms with Crippen LogP contribution in [0, 0.1) is 17.8 Å². The van der Waals surface area contributed by atoms with Gasteiger partial charge in [0.25, 0.3) is 5.91 Å². The summed E-state index contributed by atoms with van der Waals surface area (Å²) in [7, 11) is -3.40. The molecule has 1 N–H and O–H groups in total. The summed E-state index contributed by atoms with van der Waals surface area (Å²) in [5.41, 5.74) is 0.250. The van der Waals surface area contributed by atoms with Crippen molar-refractivity contribution in [2.45, 2.75) is 43.5 Å². The molecule has 1 aromatic rings. The van der Waals surface area contributed by atoms with Crippen molar-refractivity contribution in [2.24, 2.45) is 17.8 Å². The second kappa shape index (κ2) is 5.69. The smallest absolute Gasteiger partial charge is 0.252 e. The van der Waals surface area contributed by atoms with Crippen molar-refractivity contribution in [1.82, 2.24) is 5.32 Å². The van der Waals surface area contributed by atoms with E-state index in [1.54, 1.807) is 18.2 Å². The van der Waals surface area contributed by atoms with Crippen LogP contribution in [-0.2, 0) is 9.84 Å². The van der Waals surface area contributed by atoms with Crippen LogP contribution in [0.3, 0.4) is 0 Å². The maximum absolute atomic E-state index is 12.5. The summed E-state index contributed by atoms with van der Waals surface area (Å²) in [6.07, 6.45) is 6.23. The lowest BCUT2D eigenvalue weighted by Gasteiger charge is -2.28. The van der Waals surface area contributed by atoms with Crippen LogP contribution in [0.25, 0.3) is 0 Å². The van der Waals surface area contributed by atoms with Gasteiger partial charge in [0.1, 0.15) is 0 Å². The summed E-state index contributed by atoms with van der Waals surface area (Å²) < 4.78 is 23.6. The molecule has 0 aromatic heterocycles. The van der Waals surface area contributed by atoms with E-state index in [1.165, 1.54) is 31.7 Å². The van der Waals surface area contributed by atoms with Gasteiger partial charge in [-0.1, -0.05) is 18.6 Å². The SMILES string of the molecule is CC(NC(=O)c1ccccc1S(C)(=O)=O)C1CC2CCC1C2. The molecule has 2 aliphatic rings. The fourth-order valence-corrected chi connectivity index (χ4v) is 5.16. The van der Waals surface area contributed by atoms with Crippen LogP contribution in [0.15, 0.2) is 29.2 Å². The molecular formula is C17H23NO3S. The van der Waals surface area contributed by atoms with Gasteiger partial charge in [-0.15, -0.1) is 0 Å². The quantitative estimate of drug-likeness (QED) is 0.927. The Morgan fingerprint density at radius 3 is 2.55 bits per heavy atom. The van der Waals surface area contributed by atoms with Gasteiger partial charge >= 0.3 is 0 Å². The number of hydrogen-bond donors (Lipinski definition) is 1. The maximum atomic E-state index is 12.5. The predicted molar refractivity (Wildman–Crippen MR) is 85.4 cm³/mol. The van der Waals surface area contributed by atoms with E-state index in [0.717, 1.165) is 18.1 Å². The molecule has 2 aliphatic carbocycles. The van der Waals surface area contributed by atoms with Crippen LogP contribution < -0.4 is 5.32 Å². The van der Waals surface area contributed by atoms with Crippen molar-refractivity contribution in [3.05, 3.63) is 29.8 Å². The molecule has 4 nitrogen and oxygen atoms in total. The standard InChI is InChI=1S/C17H23NO3S/c1-11(15-10-12-7-8-13(15)9-12)18-17(19)14-5-3-4-6-16(14)22(2,20)21/h3-6,11-13,15H,7-10H2,1-2H3,(H,18,19). The topological polar surface area (TPSA) is 63.2 Å². The molecule has 1 amide bonds. The van der Waals surface area contributed by atoms with Gasteiger partial charge in [0, 0.05) is 12.3 Å². The molecule has 4 unspecified atom stereocenters. The first kappa shape index (κ1) is 15.5. The van der Waals surface area contributed by atoms with Gasteiger partial charge in [0.05, 0.1) is 10.5 Å². The molecule has 0 heterocycles. The minimum absolute atomic E-state index is 0.0930. The summed E-state index contributed by atoms with van der Waals surface area (Å²) in [5.74, 6) is 1.81. The highest BCUT2D eigenvalue weighted by Crippen LogP contribution is 2.49. The first-order valence-corrected chi connectivity index (χ1v) is 9.85. The van der Waals surface area contributed by atoms with Crippen LogP contribution in [0.2, 0.25) is 0 Å². The third kappa shape index (κ3) is 2.91. The highest BCUT2D eigenvalue weighted by Gasteiger charge is 2.42. The van der Waals surface area contributed by atoms with E-state index in [0.29, 0.717) is 5.92 Å². The molecule has 0 radical (unpaired) electrons. The van der Waals surface area contributed by atoms with E-state index in [9.17, 15) is 13.2 Å². The van der Waals surface area contributed by atoms with Crippen molar-refractivity contribution in [3.8, 4) is 0 Å². The van der Waals surface area contributed by atoms with Gasteiger partial charge in [-0.2, -0.15) is 0 Å². The lowest BCUT2D eigenvalue weighted by atomic mass is 9.84. The number of sulfone groups is 1. The van der Waals surface area contributed by atoms with Gasteiger partial charge in [0.15, 0.2) is 9.84 Å². The van der Waals surface area contributed by atoms with Gasteiger partial charge in [-0.25, -0.2) is 8.42 Å². The molecule has 5 heteroatoms. The molecule has 0 aliphatic heterocycles. The van der Waals surface area contributed by atoms with E-state index < -0.39 is 9.84 Å². The lowest BCUT2D eigenvalue weighted by Crippen LogP contribution is -2.40. The molecular weight excluding hydrogens is 298 g/mol. The fraction of sp³-hybridized carbons (Fsp3) is 0.588. The maximum Gasteiger partial charge on any atom is 0.252 e. The number of benzene rings is 1. The first-order valence-electron chi connectivity index (χ1n) is 7.96. The Balaban J connectivity index is 1.75. The number of amides is 1. The molecule has 2 bridgehead atoms. The van der Waals surface area contributed by atoms with E-state index in [2.05, 4.69) is 5.32 Å². The van der Waals surface area contributed by atoms with Crippen molar-refractivity contribution >= 4 is 15.7 Å². The number of fused-ring (bicyclic) bond motifs is 2. The summed E-state index contributed by atoms with van der Waals surface area (Å²) in [6.45, 7) is 2.05. The van der Waals surface area contributed by atoms with Gasteiger partial charge in [-0.3, -0.25) is 4.79 Å². The lowest BCUT2D eigenvalue weighted by molar-refractivity contribution is 0.0912. The number of rotatable bonds is 4. The molecule has 3 rings (SSSR count). The highest BCUT2D eigenvalue weighted by molar-refractivity contribution is 7.90. The largest absolute Gasteiger partial charge is 0.349 e. The molecule has 120 valence electrons. The average molecular weight is 321 g/mol. The molecule has 22 heavy (non-hydrogen) atoms. The third-order valence-electron chi connectivity index (χ3n) is 5.32. The normalized spacial score (nSPS) is 28.5. The van der Waals surface area contributed by atoms with Crippen LogP contribution >= 0.6 is 0 Å². The van der Waals surface area contributed by atoms with Crippen molar-refractivity contribution < 1.29 is 13.2 Å². The minimum Gasteiger partial charge on any atom is -0.349 e. The molecule has 2 fully saturated rings. The molecule has 2 saturated carbocycles. The molecule has 0 spiro atoms. The van der Waals surface area contributed by atoms with Crippen molar-refractivity contribution in [2.75, 3.05) is 6.26 Å². The molecule has 4 atom stereocenters. The Morgan fingerprint density at radius 1 is 1.23 bits per heavy atom. The zero-order chi connectivity index (χ0) is 15.9. The van der Waals surface area contributed by atoms with Crippen LogP contribution in [0.4, 0.5) is 0 Å². The molecule has 1 aromatic carbocycles. The Morgan fingerprint density at radius 2 is 1.95 bits per heavy atom. The predicted octanol–water partition coefficient (Wildman–Crippen LogP) is 2.64. The number of nitrogens with one attached hydrogen (secondary N) is 1. The monoisotopic (exact) mass is 321 g/mol. The zero-order valence-electron chi connectivity index (χ0n) is 13.1. The third-order valence-corrected chi connectivity index (χ3v) is 6.48. The molecule has 0 saturated heterocycles. The van der Waals surface area contributed by atoms with Crippen molar-refractivity contribution in [3.63, 3.8) is 0 Å². The fourth-order valence-electron chi connectivity index (χ4n) is 4.28. The second-order valence-corrected chi connectivity index (χ2v) is 8.85. The van der Waals surface area contributed by atoms with Gasteiger partial charge < -0.3 is 5.32 Å². The summed E-state index contributed by atoms with van der Waals surface area (Å²) >= 11 is 0. The Bertz CT molecular complexity index is 683. The summed E-state index contributed by atoms with van der Waals surface area (Å²) in [5, 5.41) is 3.03. The first-order chi connectivity index (χ1) is 10.4. The second-order valence-electron chi connectivity index (χ2n) is 6.87. The van der Waals surface area contributed by atoms with Crippen LogP contribution in [0.1, 0.15) is 43.0 Å². The Hall–Kier alpha value is -1.36. The number of carbonyl (C=O) groups is 1. The Kier molecular flexibility index (Phi) is 4.02. The number of carbonyl (C=O) groups excluding carboxylic acids is 1. The number of hydrogen-bond acceptors (Lipinski definition) is 3. The van der Waals surface area contributed by atoms with E-state index in [1.807, 2.05) is 6.92 Å². The zero-order valence-corrected chi connectivity index (χ0v) is 13.9. The van der Waals surface area contributed by atoms with E-state index in [4.69, 9.17) is 0 Å². The van der Waals surface area contributed by atoms with Gasteiger partial charge in [0.2, 0.25) is 0 Å². The highest BCUT2D eigenvalue weighted by atomic mass is 32.2. The minimum atomic E-state index is -3.40. The van der Waals surface area contributed by atoms with E-state index >= 15 is 0 Å². The van der Waals surface area contributed by atoms with Crippen molar-refractivity contribution in [1.29, 1.82) is 0 Å². The summed E-state index contributed by atoms with van der Waals surface area (Å²) in [4.78, 5) is 12.6. The van der Waals surface area contributed by atoms with Gasteiger partial charge in [-0.05, 0) is 56.1 Å².